The highest BCUT2D eigenvalue weighted by Gasteiger charge is 2.13. The number of hydrogen-bond acceptors (Lipinski definition) is 4. The fraction of sp³-hybridized carbons (Fsp3) is 0.618. The third kappa shape index (κ3) is 49.1. The van der Waals surface area contributed by atoms with Gasteiger partial charge >= 0.3 is 5.97 Å². The van der Waals surface area contributed by atoms with Gasteiger partial charge in [0.05, 0.1) is 13.2 Å². The smallest absolute Gasteiger partial charge is 0.306 e. The van der Waals surface area contributed by atoms with Gasteiger partial charge in [-0.05, 0) is 103 Å². The number of esters is 1. The first-order valence-electron chi connectivity index (χ1n) is 24.1. The second kappa shape index (κ2) is 50.9. The molecular weight excluding hydrogens is 725 g/mol. The maximum atomic E-state index is 12.3. The minimum atomic E-state index is -0.557. The fourth-order valence-corrected chi connectivity index (χ4v) is 6.26. The first-order valence-corrected chi connectivity index (χ1v) is 24.1. The Kier molecular flexibility index (Phi) is 48.2. The number of aliphatic hydroxyl groups is 1. The number of rotatable bonds is 43. The first-order chi connectivity index (χ1) is 29.2. The Bertz CT molecular complexity index is 1180. The highest BCUT2D eigenvalue weighted by Crippen LogP contribution is 2.13. The third-order valence-electron chi connectivity index (χ3n) is 9.78. The van der Waals surface area contributed by atoms with Crippen LogP contribution in [0.1, 0.15) is 194 Å². The lowest BCUT2D eigenvalue weighted by Crippen LogP contribution is -2.27. The molecule has 0 rings (SSSR count). The van der Waals surface area contributed by atoms with Crippen LogP contribution in [-0.4, -0.2) is 37.0 Å². The fourth-order valence-electron chi connectivity index (χ4n) is 6.26. The highest BCUT2D eigenvalue weighted by atomic mass is 16.6. The van der Waals surface area contributed by atoms with Gasteiger partial charge in [-0.15, -0.1) is 0 Å². The van der Waals surface area contributed by atoms with E-state index in [4.69, 9.17) is 9.47 Å². The summed E-state index contributed by atoms with van der Waals surface area (Å²) in [7, 11) is 0. The minimum Gasteiger partial charge on any atom is -0.457 e. The zero-order valence-corrected chi connectivity index (χ0v) is 38.2. The summed E-state index contributed by atoms with van der Waals surface area (Å²) in [4.78, 5) is 12.3. The molecule has 0 bridgehead atoms. The highest BCUT2D eigenvalue weighted by molar-refractivity contribution is 5.69. The second-order valence-corrected chi connectivity index (χ2v) is 15.4. The summed E-state index contributed by atoms with van der Waals surface area (Å²) in [6.07, 6.45) is 75.6. The maximum absolute atomic E-state index is 12.3. The van der Waals surface area contributed by atoms with Crippen molar-refractivity contribution >= 4 is 5.97 Å². The molecule has 0 aromatic heterocycles. The summed E-state index contributed by atoms with van der Waals surface area (Å²) in [5.74, 6) is -0.225. The third-order valence-corrected chi connectivity index (χ3v) is 9.78. The molecule has 1 atom stereocenters. The van der Waals surface area contributed by atoms with Crippen LogP contribution in [0.2, 0.25) is 0 Å². The van der Waals surface area contributed by atoms with Crippen LogP contribution in [-0.2, 0) is 14.3 Å². The van der Waals surface area contributed by atoms with E-state index in [1.807, 2.05) is 0 Å². The van der Waals surface area contributed by atoms with E-state index >= 15 is 0 Å². The van der Waals surface area contributed by atoms with Crippen LogP contribution in [0.5, 0.6) is 0 Å². The number of ether oxygens (including phenoxy) is 2. The Balaban J connectivity index is 3.52. The molecule has 0 spiro atoms. The molecule has 0 saturated heterocycles. The van der Waals surface area contributed by atoms with Crippen molar-refractivity contribution in [3.63, 3.8) is 0 Å². The molecule has 0 amide bonds. The number of carbonyl (C=O) groups is 1. The van der Waals surface area contributed by atoms with Crippen molar-refractivity contribution in [1.29, 1.82) is 0 Å². The van der Waals surface area contributed by atoms with Crippen LogP contribution in [0, 0.1) is 0 Å². The van der Waals surface area contributed by atoms with Gasteiger partial charge in [-0.3, -0.25) is 4.79 Å². The number of carbonyl (C=O) groups excluding carboxylic acids is 1. The van der Waals surface area contributed by atoms with Gasteiger partial charge in [0.1, 0.15) is 6.10 Å². The average molecular weight is 815 g/mol. The second-order valence-electron chi connectivity index (χ2n) is 15.4. The number of allylic oxidation sites excluding steroid dienone is 20. The molecule has 334 valence electrons. The van der Waals surface area contributed by atoms with Crippen molar-refractivity contribution in [2.75, 3.05) is 19.8 Å². The van der Waals surface area contributed by atoms with Crippen LogP contribution >= 0.6 is 0 Å². The number of hydrogen-bond donors (Lipinski definition) is 1. The Morgan fingerprint density at radius 1 is 0.407 bits per heavy atom. The zero-order chi connectivity index (χ0) is 42.6. The minimum absolute atomic E-state index is 0.190. The lowest BCUT2D eigenvalue weighted by molar-refractivity contribution is -0.154. The molecule has 0 saturated carbocycles. The number of aliphatic hydroxyl groups excluding tert-OH is 1. The predicted molar refractivity (Wildman–Crippen MR) is 260 cm³/mol. The van der Waals surface area contributed by atoms with Gasteiger partial charge in [-0.1, -0.05) is 206 Å². The Hall–Kier alpha value is -3.21. The molecule has 0 aromatic rings. The van der Waals surface area contributed by atoms with Crippen LogP contribution in [0.15, 0.2) is 122 Å². The summed E-state index contributed by atoms with van der Waals surface area (Å²) in [5, 5.41) is 9.64. The van der Waals surface area contributed by atoms with Crippen LogP contribution in [0.4, 0.5) is 0 Å². The Labute approximate surface area is 365 Å². The molecule has 4 heteroatoms. The van der Waals surface area contributed by atoms with Crippen LogP contribution < -0.4 is 0 Å². The van der Waals surface area contributed by atoms with E-state index in [9.17, 15) is 9.90 Å². The topological polar surface area (TPSA) is 55.8 Å². The maximum Gasteiger partial charge on any atom is 0.306 e. The zero-order valence-electron chi connectivity index (χ0n) is 38.2. The largest absolute Gasteiger partial charge is 0.457 e. The molecule has 1 unspecified atom stereocenters. The van der Waals surface area contributed by atoms with E-state index in [1.54, 1.807) is 0 Å². The molecule has 0 aliphatic rings. The molecule has 0 heterocycles. The molecule has 0 aliphatic carbocycles. The molecule has 0 aromatic carbocycles. The summed E-state index contributed by atoms with van der Waals surface area (Å²) in [5.41, 5.74) is 0. The predicted octanol–water partition coefficient (Wildman–Crippen LogP) is 16.4. The molecule has 0 aliphatic heterocycles. The quantitative estimate of drug-likeness (QED) is 0.0378. The monoisotopic (exact) mass is 815 g/mol. The Morgan fingerprint density at radius 2 is 0.712 bits per heavy atom. The van der Waals surface area contributed by atoms with E-state index in [1.165, 1.54) is 77.0 Å². The summed E-state index contributed by atoms with van der Waals surface area (Å²) in [6.45, 7) is 5.07. The molecule has 0 radical (unpaired) electrons. The lowest BCUT2D eigenvalue weighted by Gasteiger charge is -2.15. The van der Waals surface area contributed by atoms with Gasteiger partial charge in [0, 0.05) is 13.0 Å². The molecule has 4 nitrogen and oxygen atoms in total. The normalized spacial score (nSPS) is 13.5. The van der Waals surface area contributed by atoms with E-state index in [2.05, 4.69) is 135 Å². The van der Waals surface area contributed by atoms with Crippen molar-refractivity contribution in [2.24, 2.45) is 0 Å². The van der Waals surface area contributed by atoms with Crippen molar-refractivity contribution in [1.82, 2.24) is 0 Å². The average Bonchev–Trinajstić information content (AvgIpc) is 3.24. The summed E-state index contributed by atoms with van der Waals surface area (Å²) in [6, 6.07) is 0. The van der Waals surface area contributed by atoms with E-state index in [0.29, 0.717) is 13.0 Å². The molecular formula is C55H90O4. The van der Waals surface area contributed by atoms with Gasteiger partial charge in [0.2, 0.25) is 0 Å². The molecule has 59 heavy (non-hydrogen) atoms. The SMILES string of the molecule is CC/C=C\C/C=C\C/C=C\C/C=C\C/C=C\CCCCCCCCCCCCOCC(CO)OC(=O)CCCCCCC/C=C\C/C=C\C/C=C\C/C=C\C/C=C\CC. The standard InChI is InChI=1S/C55H90O4/c1-3-5-7-9-11-13-15-17-19-21-23-25-26-27-28-29-31-33-35-37-39-41-43-45-47-49-51-58-53-54(52-56)59-55(57)50-48-46-44-42-40-38-36-34-32-30-24-22-20-18-16-14-12-10-8-6-4-2/h5-8,11-14,17-20,23-25,27-28,30,34,36,54,56H,3-4,9-10,15-16,21-22,26,29,31-33,35,37-53H2,1-2H3/b7-5-,8-6-,13-11-,14-12-,19-17-,20-18-,25-23-,28-27-,30-24-,36-34-. The first kappa shape index (κ1) is 55.8. The van der Waals surface area contributed by atoms with Gasteiger partial charge in [0.25, 0.3) is 0 Å². The van der Waals surface area contributed by atoms with Crippen molar-refractivity contribution in [3.05, 3.63) is 122 Å². The van der Waals surface area contributed by atoms with Crippen molar-refractivity contribution in [3.8, 4) is 0 Å². The van der Waals surface area contributed by atoms with Gasteiger partial charge in [-0.2, -0.15) is 0 Å². The van der Waals surface area contributed by atoms with Gasteiger partial charge in [0.15, 0.2) is 0 Å². The summed E-state index contributed by atoms with van der Waals surface area (Å²) >= 11 is 0. The van der Waals surface area contributed by atoms with E-state index in [0.717, 1.165) is 96.3 Å². The van der Waals surface area contributed by atoms with E-state index in [-0.39, 0.29) is 19.2 Å². The van der Waals surface area contributed by atoms with Crippen LogP contribution in [0.25, 0.3) is 0 Å². The van der Waals surface area contributed by atoms with Crippen LogP contribution in [0.3, 0.4) is 0 Å². The molecule has 1 N–H and O–H groups in total. The Morgan fingerprint density at radius 3 is 1.07 bits per heavy atom. The summed E-state index contributed by atoms with van der Waals surface area (Å²) < 4.78 is 11.2. The van der Waals surface area contributed by atoms with Crippen molar-refractivity contribution in [2.45, 2.75) is 200 Å². The van der Waals surface area contributed by atoms with Gasteiger partial charge in [-0.25, -0.2) is 0 Å². The van der Waals surface area contributed by atoms with Gasteiger partial charge < -0.3 is 14.6 Å². The molecule has 0 fully saturated rings. The lowest BCUT2D eigenvalue weighted by atomic mass is 10.1. The van der Waals surface area contributed by atoms with Crippen molar-refractivity contribution < 1.29 is 19.4 Å². The number of unbranched alkanes of at least 4 members (excludes halogenated alkanes) is 15. The van der Waals surface area contributed by atoms with E-state index < -0.39 is 6.10 Å².